The molecule has 7 heterocycles. The smallest absolute Gasteiger partial charge is 0.456 e. The number of para-hydroxylation sites is 3. The number of hydrogen-bond acceptors (Lipinski definition) is 17. The highest BCUT2D eigenvalue weighted by atomic mass is 32.1. The lowest BCUT2D eigenvalue weighted by Gasteiger charge is -2.32. The maximum Gasteiger partial charge on any atom is 0.494 e. The largest absolute Gasteiger partial charge is 0.494 e. The molecule has 0 bridgehead atoms. The van der Waals surface area contributed by atoms with Gasteiger partial charge in [-0.05, 0) is 331 Å². The van der Waals surface area contributed by atoms with Gasteiger partial charge in [0.1, 0.15) is 17.0 Å². The van der Waals surface area contributed by atoms with Gasteiger partial charge < -0.3 is 56.4 Å². The van der Waals surface area contributed by atoms with Crippen LogP contribution in [0.5, 0.6) is 0 Å². The van der Waals surface area contributed by atoms with Crippen molar-refractivity contribution in [2.75, 3.05) is 19.6 Å². The number of nitrogens with zero attached hydrogens (tertiary/aromatic N) is 7. The topological polar surface area (TPSA) is 150 Å². The fourth-order valence-corrected chi connectivity index (χ4v) is 19.3. The molecule has 4 saturated heterocycles. The summed E-state index contributed by atoms with van der Waals surface area (Å²) in [5.41, 5.74) is 19.6. The third-order valence-corrected chi connectivity index (χ3v) is 30.0. The molecule has 4 fully saturated rings. The van der Waals surface area contributed by atoms with Crippen LogP contribution in [0.3, 0.4) is 0 Å². The second-order valence-electron chi connectivity index (χ2n) is 40.4. The van der Waals surface area contributed by atoms with E-state index in [-0.39, 0.29) is 59.1 Å². The molecule has 690 valence electrons. The van der Waals surface area contributed by atoms with Gasteiger partial charge in [-0.3, -0.25) is 4.90 Å². The summed E-state index contributed by atoms with van der Waals surface area (Å²) in [6.07, 6.45) is 3.49. The average Bonchev–Trinajstić information content (AvgIpc) is 1.57. The molecule has 0 saturated carbocycles. The second kappa shape index (κ2) is 36.6. The van der Waals surface area contributed by atoms with Crippen molar-refractivity contribution in [3.8, 4) is 17.2 Å². The zero-order chi connectivity index (χ0) is 96.6. The number of nitriles is 1. The van der Waals surface area contributed by atoms with Crippen LogP contribution in [0.4, 0.5) is 72.9 Å². The Kier molecular flexibility index (Phi) is 24.8. The number of thiophene rings is 1. The van der Waals surface area contributed by atoms with E-state index in [1.54, 1.807) is 23.7 Å². The summed E-state index contributed by atoms with van der Waals surface area (Å²) in [5, 5.41) is 14.1. The Morgan fingerprint density at radius 2 is 0.594 bits per heavy atom. The van der Waals surface area contributed by atoms with E-state index in [0.717, 1.165) is 106 Å². The second-order valence-corrected chi connectivity index (χ2v) is 41.5. The monoisotopic (exact) mass is 1840 g/mol. The first-order chi connectivity index (χ1) is 65.9. The van der Waals surface area contributed by atoms with Crippen molar-refractivity contribution in [1.82, 2.24) is 9.97 Å². The van der Waals surface area contributed by atoms with Crippen LogP contribution in [0.2, 0.25) is 0 Å². The minimum atomic E-state index is -0.418. The molecule has 17 aromatic rings. The van der Waals surface area contributed by atoms with Gasteiger partial charge in [0.15, 0.2) is 0 Å². The molecule has 0 atom stereocenters. The molecule has 4 aliphatic heterocycles. The molecule has 3 aromatic heterocycles. The van der Waals surface area contributed by atoms with E-state index < -0.39 is 25.4 Å². The van der Waals surface area contributed by atoms with Crippen LogP contribution in [-0.4, -0.2) is 83.2 Å². The van der Waals surface area contributed by atoms with E-state index >= 15 is 0 Å². The molecule has 0 N–H and O–H groups in total. The van der Waals surface area contributed by atoms with E-state index in [1.807, 2.05) is 138 Å². The van der Waals surface area contributed by atoms with Gasteiger partial charge in [-0.2, -0.15) is 5.26 Å². The van der Waals surface area contributed by atoms with E-state index in [9.17, 15) is 9.65 Å². The number of aromatic nitrogens is 2. The van der Waals surface area contributed by atoms with Crippen LogP contribution < -0.4 is 41.5 Å². The predicted octanol–water partition coefficient (Wildman–Crippen LogP) is 27.2. The van der Waals surface area contributed by atoms with Gasteiger partial charge in [-0.1, -0.05) is 172 Å². The molecule has 138 heavy (non-hydrogen) atoms. The highest BCUT2D eigenvalue weighted by molar-refractivity contribution is 7.25. The van der Waals surface area contributed by atoms with Crippen molar-refractivity contribution in [2.45, 2.75) is 175 Å². The summed E-state index contributed by atoms with van der Waals surface area (Å²) in [6, 6.07) is 117. The minimum absolute atomic E-state index is 0.0983. The van der Waals surface area contributed by atoms with Gasteiger partial charge in [-0.15, -0.1) is 11.3 Å². The highest BCUT2D eigenvalue weighted by Crippen LogP contribution is 2.52. The van der Waals surface area contributed by atoms with Crippen LogP contribution in [0.25, 0.3) is 53.2 Å². The molecule has 0 amide bonds. The third-order valence-electron chi connectivity index (χ3n) is 28.9. The Hall–Kier alpha value is -13.3. The average molecular weight is 1840 g/mol. The van der Waals surface area contributed by atoms with E-state index in [0.29, 0.717) is 11.5 Å². The highest BCUT2D eigenvalue weighted by Gasteiger charge is 2.55. The summed E-state index contributed by atoms with van der Waals surface area (Å²) in [6.45, 7) is 37.7. The van der Waals surface area contributed by atoms with Gasteiger partial charge in [-0.25, -0.2) is 14.4 Å². The summed E-state index contributed by atoms with van der Waals surface area (Å²) >= 11 is 1.79. The number of furan rings is 1. The van der Waals surface area contributed by atoms with Crippen molar-refractivity contribution in [2.24, 2.45) is 0 Å². The molecule has 0 spiro atoms. The number of hydrogen-bond donors (Lipinski definition) is 0. The SMILES string of the molecule is CC1(C)OB(c2ccc(N(c3ccc(F)cc3)c3ccc4c(c3)sc3ccccc34)cc2)OC1(C)C.CC1(C)OB(c2ccc(N(c3ccccc3)c3ccc4c(c3)oc3ccccc34)cc2)OC1(C)C.CC1(C)OB(c2ccc(N(c3ccccc3)c3ncccn3)cc2)OC1(C)C.CC1(C)c2ccccc2-c2ccc(N(c3ccc(C#N)cc3)c3ccc(B4OC(C)(C)C(C)(C)O4)cc3)cc21. The van der Waals surface area contributed by atoms with Crippen LogP contribution in [0.1, 0.15) is 141 Å². The minimum Gasteiger partial charge on any atom is -0.456 e. The lowest BCUT2D eigenvalue weighted by atomic mass is 9.79. The number of fused-ring (bicyclic) bond motifs is 9. The molecule has 22 rings (SSSR count). The molecule has 5 aliphatic rings. The maximum absolute atomic E-state index is 13.8. The Balaban J connectivity index is 0.000000118. The molecule has 22 heteroatoms. The zero-order valence-electron chi connectivity index (χ0n) is 81.4. The van der Waals surface area contributed by atoms with Crippen molar-refractivity contribution < 1.29 is 46.0 Å². The Bertz CT molecular complexity index is 7230. The number of halogens is 1. The summed E-state index contributed by atoms with van der Waals surface area (Å²) < 4.78 is 72.3. The van der Waals surface area contributed by atoms with Crippen molar-refractivity contribution in [3.05, 3.63) is 375 Å². The zero-order valence-corrected chi connectivity index (χ0v) is 82.2. The molecular weight excluding hydrogens is 1730 g/mol. The fourth-order valence-electron chi connectivity index (χ4n) is 18.1. The van der Waals surface area contributed by atoms with Crippen LogP contribution in [0, 0.1) is 17.1 Å². The first-order valence-corrected chi connectivity index (χ1v) is 48.0. The Morgan fingerprint density at radius 3 is 1.04 bits per heavy atom. The molecule has 0 unspecified atom stereocenters. The number of rotatable bonds is 16. The number of benzene rings is 14. The first kappa shape index (κ1) is 93.7. The van der Waals surface area contributed by atoms with Crippen LogP contribution in [-0.2, 0) is 42.6 Å². The summed E-state index contributed by atoms with van der Waals surface area (Å²) in [5.74, 6) is 0.367. The number of anilines is 12. The standard InChI is InChI=1S/C34H33BN2O2.C30H27BFNO2S.C30H28BNO3.C22H24BN3O2/c1-32(2)30-10-8-7-9-28(30)29-20-19-27(21-31(29)32)37(25-15-11-23(22-36)12-16-25)26-17-13-24(14-18-26)35-38-33(3,4)34(5,6)39-35;1-29(2)30(3,4)35-31(34-29)20-9-13-22(14-10-20)33(23-15-11-21(32)12-16-23)24-17-18-26-25-7-5-6-8-27(25)36-28(26)19-24;1-29(2)30(3,4)35-31(34-29)21-14-16-23(17-15-21)32(22-10-6-5-7-11-22)24-18-19-26-25-12-8-9-13-27(25)33-28(26)20-24;1-21(2)22(3,4)28-23(27-21)17-11-13-19(14-12-17)26(18-9-6-5-7-10-18)20-24-15-8-16-25-20/h7-21H,1-6H3;5-19H,1-4H3;5-20H,1-4H3;5-16H,1-4H3. The maximum atomic E-state index is 13.8. The van der Waals surface area contributed by atoms with Gasteiger partial charge in [0.05, 0.1) is 56.4 Å². The predicted molar refractivity (Wildman–Crippen MR) is 565 cm³/mol. The lowest BCUT2D eigenvalue weighted by molar-refractivity contribution is 0.00578. The van der Waals surface area contributed by atoms with Crippen molar-refractivity contribution in [1.29, 1.82) is 5.26 Å². The Morgan fingerprint density at radius 1 is 0.275 bits per heavy atom. The first-order valence-electron chi connectivity index (χ1n) is 47.2. The van der Waals surface area contributed by atoms with Gasteiger partial charge >= 0.3 is 28.5 Å². The van der Waals surface area contributed by atoms with Crippen molar-refractivity contribution >= 4 is 172 Å². The van der Waals surface area contributed by atoms with Gasteiger partial charge in [0.2, 0.25) is 5.95 Å². The quantitative estimate of drug-likeness (QED) is 0.0844. The summed E-state index contributed by atoms with van der Waals surface area (Å²) in [7, 11) is -1.59. The fraction of sp³-hybridized carbons (Fsp3) is 0.233. The molecule has 0 radical (unpaired) electrons. The third kappa shape index (κ3) is 18.1. The van der Waals surface area contributed by atoms with Gasteiger partial charge in [0, 0.05) is 117 Å². The van der Waals surface area contributed by atoms with Crippen LogP contribution >= 0.6 is 11.3 Å². The van der Waals surface area contributed by atoms with E-state index in [2.05, 4.69) is 349 Å². The van der Waals surface area contributed by atoms with E-state index in [1.165, 1.54) is 54.6 Å². The molecule has 14 aromatic carbocycles. The molecule has 1 aliphatic carbocycles. The van der Waals surface area contributed by atoms with Gasteiger partial charge in [0.25, 0.3) is 0 Å². The molecular formula is C116H112B4FN7O9S. The Labute approximate surface area is 814 Å². The lowest BCUT2D eigenvalue weighted by Crippen LogP contribution is -2.41. The molecule has 16 nitrogen and oxygen atoms in total. The van der Waals surface area contributed by atoms with E-state index in [4.69, 9.17) is 41.7 Å². The van der Waals surface area contributed by atoms with Crippen LogP contribution in [0.15, 0.2) is 357 Å². The van der Waals surface area contributed by atoms with Crippen molar-refractivity contribution in [3.63, 3.8) is 0 Å². The normalized spacial score (nSPS) is 17.2. The summed E-state index contributed by atoms with van der Waals surface area (Å²) in [4.78, 5) is 17.5.